The highest BCUT2D eigenvalue weighted by molar-refractivity contribution is 5.81. The third-order valence-corrected chi connectivity index (χ3v) is 8.51. The quantitative estimate of drug-likeness (QED) is 0.438. The second-order valence-electron chi connectivity index (χ2n) is 9.70. The van der Waals surface area contributed by atoms with Crippen molar-refractivity contribution in [1.29, 1.82) is 0 Å². The zero-order valence-corrected chi connectivity index (χ0v) is 15.2. The number of aliphatic hydroxyl groups is 3. The Hall–Kier alpha value is -0.950. The summed E-state index contributed by atoms with van der Waals surface area (Å²) in [6.07, 6.45) is 0.985. The average Bonchev–Trinajstić information content (AvgIpc) is 3.01. The van der Waals surface area contributed by atoms with Gasteiger partial charge in [-0.3, -0.25) is 4.79 Å². The number of carbonyl (C=O) groups excluding carboxylic acids is 1. The van der Waals surface area contributed by atoms with Crippen LogP contribution in [0.25, 0.3) is 0 Å². The van der Waals surface area contributed by atoms with Gasteiger partial charge in [0.15, 0.2) is 6.29 Å². The average molecular weight is 364 g/mol. The van der Waals surface area contributed by atoms with E-state index in [1.54, 1.807) is 0 Å². The predicted octanol–water partition coefficient (Wildman–Crippen LogP) is 0.989. The van der Waals surface area contributed by atoms with E-state index < -0.39 is 41.2 Å². The van der Waals surface area contributed by atoms with Crippen molar-refractivity contribution < 1.29 is 29.6 Å². The Morgan fingerprint density at radius 1 is 1.15 bits per heavy atom. The van der Waals surface area contributed by atoms with Crippen molar-refractivity contribution in [2.45, 2.75) is 57.5 Å². The van der Waals surface area contributed by atoms with Gasteiger partial charge in [-0.25, -0.2) is 0 Å². The van der Waals surface area contributed by atoms with E-state index >= 15 is 0 Å². The van der Waals surface area contributed by atoms with E-state index in [4.69, 9.17) is 9.47 Å². The molecule has 0 amide bonds. The minimum absolute atomic E-state index is 0.0568. The number of aliphatic hydroxyl groups excluding tert-OH is 3. The molecule has 3 aliphatic carbocycles. The summed E-state index contributed by atoms with van der Waals surface area (Å²) in [5, 5.41) is 32.9. The molecule has 26 heavy (non-hydrogen) atoms. The minimum Gasteiger partial charge on any atom is -0.465 e. The van der Waals surface area contributed by atoms with Crippen molar-refractivity contribution >= 4 is 5.97 Å². The van der Waals surface area contributed by atoms with Crippen LogP contribution in [-0.4, -0.2) is 53.0 Å². The molecule has 2 heterocycles. The number of ether oxygens (including phenoxy) is 2. The van der Waals surface area contributed by atoms with Gasteiger partial charge in [-0.2, -0.15) is 0 Å². The highest BCUT2D eigenvalue weighted by atomic mass is 16.6. The lowest BCUT2D eigenvalue weighted by Gasteiger charge is -2.62. The van der Waals surface area contributed by atoms with Gasteiger partial charge in [0.1, 0.15) is 5.41 Å². The first kappa shape index (κ1) is 17.2. The normalized spacial score (nSPS) is 58.5. The molecule has 3 saturated carbocycles. The molecule has 2 aliphatic heterocycles. The van der Waals surface area contributed by atoms with Gasteiger partial charge in [-0.05, 0) is 42.6 Å². The first-order chi connectivity index (χ1) is 12.3. The number of hydrogen-bond acceptors (Lipinski definition) is 6. The van der Waals surface area contributed by atoms with E-state index in [2.05, 4.69) is 13.5 Å². The molecule has 6 nitrogen and oxygen atoms in total. The molecule has 0 aromatic heterocycles. The molecule has 0 unspecified atom stereocenters. The lowest BCUT2D eigenvalue weighted by molar-refractivity contribution is -0.253. The third kappa shape index (κ3) is 1.75. The van der Waals surface area contributed by atoms with Gasteiger partial charge in [0.25, 0.3) is 0 Å². The summed E-state index contributed by atoms with van der Waals surface area (Å²) >= 11 is 0. The fourth-order valence-corrected chi connectivity index (χ4v) is 7.65. The molecule has 144 valence electrons. The summed E-state index contributed by atoms with van der Waals surface area (Å²) in [6.45, 7) is 6.80. The first-order valence-electron chi connectivity index (χ1n) is 9.78. The maximum Gasteiger partial charge on any atom is 0.315 e. The molecular weight excluding hydrogens is 336 g/mol. The smallest absolute Gasteiger partial charge is 0.315 e. The van der Waals surface area contributed by atoms with Crippen LogP contribution in [0.2, 0.25) is 0 Å². The number of fused-ring (bicyclic) bond motifs is 4. The van der Waals surface area contributed by atoms with Crippen LogP contribution in [0.1, 0.15) is 39.0 Å². The number of rotatable bonds is 0. The van der Waals surface area contributed by atoms with E-state index in [1.165, 1.54) is 0 Å². The molecule has 9 atom stereocenters. The largest absolute Gasteiger partial charge is 0.465 e. The molecule has 0 aromatic carbocycles. The predicted molar refractivity (Wildman–Crippen MR) is 90.6 cm³/mol. The highest BCUT2D eigenvalue weighted by Gasteiger charge is 2.75. The van der Waals surface area contributed by atoms with Crippen LogP contribution in [0.3, 0.4) is 0 Å². The van der Waals surface area contributed by atoms with Crippen molar-refractivity contribution in [2.24, 2.45) is 34.0 Å². The van der Waals surface area contributed by atoms with Crippen molar-refractivity contribution in [3.63, 3.8) is 0 Å². The van der Waals surface area contributed by atoms with Gasteiger partial charge < -0.3 is 24.8 Å². The Morgan fingerprint density at radius 2 is 1.92 bits per heavy atom. The van der Waals surface area contributed by atoms with E-state index in [0.29, 0.717) is 25.0 Å². The number of cyclic esters (lactones) is 1. The van der Waals surface area contributed by atoms with Crippen LogP contribution >= 0.6 is 0 Å². The maximum atomic E-state index is 13.0. The van der Waals surface area contributed by atoms with Crippen LogP contribution in [0.4, 0.5) is 0 Å². The van der Waals surface area contributed by atoms with Gasteiger partial charge in [0.2, 0.25) is 0 Å². The number of esters is 1. The summed E-state index contributed by atoms with van der Waals surface area (Å²) in [6, 6.07) is 0. The van der Waals surface area contributed by atoms with Crippen LogP contribution < -0.4 is 0 Å². The van der Waals surface area contributed by atoms with Crippen LogP contribution in [0.15, 0.2) is 12.2 Å². The Balaban J connectivity index is 1.69. The first-order valence-corrected chi connectivity index (χ1v) is 9.78. The molecule has 2 saturated heterocycles. The lowest BCUT2D eigenvalue weighted by atomic mass is 9.44. The minimum atomic E-state index is -1.14. The van der Waals surface area contributed by atoms with Crippen molar-refractivity contribution in [1.82, 2.24) is 0 Å². The van der Waals surface area contributed by atoms with E-state index in [0.717, 1.165) is 19.3 Å². The highest BCUT2D eigenvalue weighted by Crippen LogP contribution is 2.70. The van der Waals surface area contributed by atoms with Crippen molar-refractivity contribution in [3.8, 4) is 0 Å². The molecule has 5 rings (SSSR count). The molecule has 2 spiro atoms. The Morgan fingerprint density at radius 3 is 2.69 bits per heavy atom. The Bertz CT molecular complexity index is 673. The van der Waals surface area contributed by atoms with Gasteiger partial charge in [-0.15, -0.1) is 0 Å². The molecule has 0 aromatic rings. The van der Waals surface area contributed by atoms with Crippen LogP contribution in [0, 0.1) is 34.0 Å². The van der Waals surface area contributed by atoms with Gasteiger partial charge >= 0.3 is 5.97 Å². The summed E-state index contributed by atoms with van der Waals surface area (Å²) in [5.74, 6) is -1.13. The molecule has 6 heteroatoms. The maximum absolute atomic E-state index is 13.0. The van der Waals surface area contributed by atoms with Gasteiger partial charge in [0.05, 0.1) is 25.4 Å². The topological polar surface area (TPSA) is 96.2 Å². The molecule has 5 aliphatic rings. The van der Waals surface area contributed by atoms with Crippen molar-refractivity contribution in [2.75, 3.05) is 13.2 Å². The summed E-state index contributed by atoms with van der Waals surface area (Å²) in [4.78, 5) is 13.0. The second kappa shape index (κ2) is 5.10. The van der Waals surface area contributed by atoms with Crippen LogP contribution in [-0.2, 0) is 14.3 Å². The zero-order valence-electron chi connectivity index (χ0n) is 15.2. The van der Waals surface area contributed by atoms with E-state index in [1.807, 2.05) is 0 Å². The molecule has 2 bridgehead atoms. The van der Waals surface area contributed by atoms with Gasteiger partial charge in [-0.1, -0.05) is 19.9 Å². The summed E-state index contributed by atoms with van der Waals surface area (Å²) in [5.41, 5.74) is -1.28. The zero-order chi connectivity index (χ0) is 18.5. The number of carbonyl (C=O) groups is 1. The lowest BCUT2D eigenvalue weighted by Crippen LogP contribution is -2.68. The standard InChI is InChI=1S/C20H28O6/c1-10-11-6-12(21)13-19(9-26-17(24)20(13,7-11)15(10)22)5-3-4-18(2)8-25-16(23)14(18)19/h11-16,21-23H,1,3-9H2,2H3/t11-,12-,13+,14-,15-,16+,18+,19-,20+/m1/s1. The van der Waals surface area contributed by atoms with Crippen LogP contribution in [0.5, 0.6) is 0 Å². The molecule has 5 fully saturated rings. The Labute approximate surface area is 153 Å². The SMILES string of the molecule is C=C1[C@@H]2C[C@@H](O)[C@H]3[C@@]4(CCC[C@@]5(C)CO[C@H](O)[C@H]54)COC(=O)[C@]3(C2)[C@@H]1O. The molecule has 0 radical (unpaired) electrons. The molecular formula is C20H28O6. The fourth-order valence-electron chi connectivity index (χ4n) is 7.65. The summed E-state index contributed by atoms with van der Waals surface area (Å²) < 4.78 is 11.4. The van der Waals surface area contributed by atoms with E-state index in [9.17, 15) is 20.1 Å². The third-order valence-electron chi connectivity index (χ3n) is 8.51. The monoisotopic (exact) mass is 364 g/mol. The number of hydrogen-bond donors (Lipinski definition) is 3. The van der Waals surface area contributed by atoms with Crippen molar-refractivity contribution in [3.05, 3.63) is 12.2 Å². The second-order valence-corrected chi connectivity index (χ2v) is 9.70. The molecule has 3 N–H and O–H groups in total. The summed E-state index contributed by atoms with van der Waals surface area (Å²) in [7, 11) is 0. The Kier molecular flexibility index (Phi) is 3.37. The fraction of sp³-hybridized carbons (Fsp3) is 0.850. The van der Waals surface area contributed by atoms with E-state index in [-0.39, 0.29) is 23.9 Å². The van der Waals surface area contributed by atoms with Gasteiger partial charge in [0, 0.05) is 17.3 Å².